The summed E-state index contributed by atoms with van der Waals surface area (Å²) in [5, 5.41) is 4.02. The zero-order valence-corrected chi connectivity index (χ0v) is 13.0. The fraction of sp³-hybridized carbons (Fsp3) is 0.111. The number of allylic oxidation sites excluding steroid dienone is 1. The highest BCUT2D eigenvalue weighted by Crippen LogP contribution is 2.28. The molecule has 0 saturated carbocycles. The van der Waals surface area contributed by atoms with E-state index in [0.717, 1.165) is 11.6 Å². The van der Waals surface area contributed by atoms with Crippen molar-refractivity contribution in [1.82, 2.24) is 14.8 Å². The van der Waals surface area contributed by atoms with Crippen LogP contribution in [0.15, 0.2) is 61.2 Å². The predicted octanol–water partition coefficient (Wildman–Crippen LogP) is 3.70. The molecule has 0 saturated heterocycles. The van der Waals surface area contributed by atoms with Crippen LogP contribution in [0.25, 0.3) is 5.57 Å². The molecule has 3 rings (SSSR count). The average Bonchev–Trinajstić information content (AvgIpc) is 3.12. The van der Waals surface area contributed by atoms with Gasteiger partial charge in [-0.3, -0.25) is 0 Å². The van der Waals surface area contributed by atoms with E-state index in [2.05, 4.69) is 10.1 Å². The van der Waals surface area contributed by atoms with Gasteiger partial charge in [-0.1, -0.05) is 30.3 Å². The van der Waals surface area contributed by atoms with E-state index in [-0.39, 0.29) is 5.56 Å². The first-order valence-corrected chi connectivity index (χ1v) is 7.30. The van der Waals surface area contributed by atoms with E-state index in [9.17, 15) is 8.78 Å². The monoisotopic (exact) mass is 327 g/mol. The lowest BCUT2D eigenvalue weighted by Gasteiger charge is -2.11. The predicted molar refractivity (Wildman–Crippen MR) is 86.5 cm³/mol. The van der Waals surface area contributed by atoms with Crippen LogP contribution in [0.4, 0.5) is 8.78 Å². The molecule has 0 fully saturated rings. The Morgan fingerprint density at radius 3 is 2.62 bits per heavy atom. The molecular formula is C18H15F2N3O. The third-order valence-electron chi connectivity index (χ3n) is 3.59. The second-order valence-corrected chi connectivity index (χ2v) is 5.07. The van der Waals surface area contributed by atoms with Crippen LogP contribution in [-0.2, 0) is 6.54 Å². The molecule has 3 aromatic rings. The van der Waals surface area contributed by atoms with Crippen molar-refractivity contribution in [1.29, 1.82) is 0 Å². The number of benzene rings is 2. The van der Waals surface area contributed by atoms with Crippen LogP contribution in [-0.4, -0.2) is 21.9 Å². The number of aromatic nitrogens is 3. The molecule has 0 aliphatic heterocycles. The summed E-state index contributed by atoms with van der Waals surface area (Å²) < 4.78 is 34.6. The van der Waals surface area contributed by atoms with Gasteiger partial charge in [0.2, 0.25) is 0 Å². The molecule has 0 aliphatic rings. The highest BCUT2D eigenvalue weighted by Gasteiger charge is 2.14. The van der Waals surface area contributed by atoms with E-state index in [1.54, 1.807) is 54.5 Å². The molecule has 0 atom stereocenters. The highest BCUT2D eigenvalue weighted by molar-refractivity contribution is 5.80. The van der Waals surface area contributed by atoms with E-state index in [0.29, 0.717) is 17.9 Å². The molecule has 1 aromatic heterocycles. The van der Waals surface area contributed by atoms with Crippen molar-refractivity contribution < 1.29 is 13.5 Å². The molecule has 0 aliphatic carbocycles. The molecule has 6 heteroatoms. The maximum Gasteiger partial charge on any atom is 0.166 e. The molecule has 0 amide bonds. The maximum absolute atomic E-state index is 14.3. The molecule has 1 heterocycles. The minimum absolute atomic E-state index is 0.195. The first-order chi connectivity index (χ1) is 11.7. The SMILES string of the molecule is COc1ccc(C(=CCn2cncn2)c2cccc(F)c2F)cc1. The van der Waals surface area contributed by atoms with Gasteiger partial charge in [0.05, 0.1) is 13.7 Å². The Morgan fingerprint density at radius 2 is 1.96 bits per heavy atom. The number of nitrogens with zero attached hydrogens (tertiary/aromatic N) is 3. The molecule has 24 heavy (non-hydrogen) atoms. The highest BCUT2D eigenvalue weighted by atomic mass is 19.2. The van der Waals surface area contributed by atoms with E-state index in [4.69, 9.17) is 4.74 Å². The van der Waals surface area contributed by atoms with Crippen molar-refractivity contribution in [3.05, 3.63) is 84.0 Å². The first kappa shape index (κ1) is 15.9. The molecule has 0 unspecified atom stereocenters. The van der Waals surface area contributed by atoms with Crippen molar-refractivity contribution in [2.75, 3.05) is 7.11 Å². The third kappa shape index (κ3) is 3.32. The normalized spacial score (nSPS) is 11.5. The van der Waals surface area contributed by atoms with Crippen molar-refractivity contribution in [3.63, 3.8) is 0 Å². The summed E-state index contributed by atoms with van der Waals surface area (Å²) in [5.74, 6) is -1.07. The fourth-order valence-corrected chi connectivity index (χ4v) is 2.38. The van der Waals surface area contributed by atoms with Gasteiger partial charge in [0.1, 0.15) is 18.4 Å². The molecular weight excluding hydrogens is 312 g/mol. The lowest BCUT2D eigenvalue weighted by molar-refractivity contribution is 0.415. The summed E-state index contributed by atoms with van der Waals surface area (Å²) in [6, 6.07) is 11.3. The van der Waals surface area contributed by atoms with Gasteiger partial charge in [-0.25, -0.2) is 18.4 Å². The zero-order valence-electron chi connectivity index (χ0n) is 13.0. The maximum atomic E-state index is 14.3. The molecule has 0 N–H and O–H groups in total. The number of hydrogen-bond acceptors (Lipinski definition) is 3. The minimum atomic E-state index is -0.882. The Labute approximate surface area is 138 Å². The quantitative estimate of drug-likeness (QED) is 0.717. The molecule has 0 spiro atoms. The Kier molecular flexibility index (Phi) is 4.65. The van der Waals surface area contributed by atoms with Gasteiger partial charge in [-0.2, -0.15) is 5.10 Å². The van der Waals surface area contributed by atoms with Crippen LogP contribution < -0.4 is 4.74 Å². The average molecular weight is 327 g/mol. The summed E-state index contributed by atoms with van der Waals surface area (Å²) in [4.78, 5) is 3.87. The Bertz CT molecular complexity index is 843. The topological polar surface area (TPSA) is 39.9 Å². The number of rotatable bonds is 5. The van der Waals surface area contributed by atoms with Crippen LogP contribution >= 0.6 is 0 Å². The summed E-state index contributed by atoms with van der Waals surface area (Å²) in [6.07, 6.45) is 4.77. The second kappa shape index (κ2) is 7.04. The van der Waals surface area contributed by atoms with E-state index >= 15 is 0 Å². The standard InChI is InChI=1S/C18H15F2N3O/c1-24-14-7-5-13(6-8-14)15(9-10-23-12-21-11-22-23)16-3-2-4-17(19)18(16)20/h2-9,11-12H,10H2,1H3. The van der Waals surface area contributed by atoms with E-state index in [1.165, 1.54) is 12.4 Å². The number of hydrogen-bond donors (Lipinski definition) is 0. The van der Waals surface area contributed by atoms with Crippen LogP contribution in [0.2, 0.25) is 0 Å². The zero-order chi connectivity index (χ0) is 16.9. The van der Waals surface area contributed by atoms with Gasteiger partial charge in [-0.05, 0) is 29.3 Å². The fourth-order valence-electron chi connectivity index (χ4n) is 2.38. The number of ether oxygens (including phenoxy) is 1. The molecule has 0 radical (unpaired) electrons. The molecule has 0 bridgehead atoms. The van der Waals surface area contributed by atoms with Crippen molar-refractivity contribution in [3.8, 4) is 5.75 Å². The van der Waals surface area contributed by atoms with E-state index in [1.807, 2.05) is 0 Å². The minimum Gasteiger partial charge on any atom is -0.497 e. The third-order valence-corrected chi connectivity index (χ3v) is 3.59. The van der Waals surface area contributed by atoms with Crippen molar-refractivity contribution >= 4 is 5.57 Å². The lowest BCUT2D eigenvalue weighted by Crippen LogP contribution is -2.00. The van der Waals surface area contributed by atoms with Crippen LogP contribution in [0.5, 0.6) is 5.75 Å². The lowest BCUT2D eigenvalue weighted by atomic mass is 9.96. The van der Waals surface area contributed by atoms with Crippen molar-refractivity contribution in [2.45, 2.75) is 6.54 Å². The summed E-state index contributed by atoms with van der Waals surface area (Å²) in [7, 11) is 1.57. The Morgan fingerprint density at radius 1 is 1.17 bits per heavy atom. The largest absolute Gasteiger partial charge is 0.497 e. The summed E-state index contributed by atoms with van der Waals surface area (Å²) in [5.41, 5.74) is 1.52. The van der Waals surface area contributed by atoms with Crippen LogP contribution in [0, 0.1) is 11.6 Å². The van der Waals surface area contributed by atoms with Crippen LogP contribution in [0.3, 0.4) is 0 Å². The number of methoxy groups -OCH3 is 1. The van der Waals surface area contributed by atoms with Gasteiger partial charge in [0.15, 0.2) is 11.6 Å². The second-order valence-electron chi connectivity index (χ2n) is 5.07. The molecule has 122 valence electrons. The first-order valence-electron chi connectivity index (χ1n) is 7.30. The smallest absolute Gasteiger partial charge is 0.166 e. The van der Waals surface area contributed by atoms with Gasteiger partial charge in [0.25, 0.3) is 0 Å². The Balaban J connectivity index is 2.05. The van der Waals surface area contributed by atoms with Crippen molar-refractivity contribution in [2.24, 2.45) is 0 Å². The molecule has 4 nitrogen and oxygen atoms in total. The number of halogens is 2. The summed E-state index contributed by atoms with van der Waals surface area (Å²) in [6.45, 7) is 0.386. The van der Waals surface area contributed by atoms with Gasteiger partial charge < -0.3 is 4.74 Å². The van der Waals surface area contributed by atoms with Gasteiger partial charge in [-0.15, -0.1) is 0 Å². The van der Waals surface area contributed by atoms with E-state index < -0.39 is 11.6 Å². The van der Waals surface area contributed by atoms with Crippen LogP contribution in [0.1, 0.15) is 11.1 Å². The summed E-state index contributed by atoms with van der Waals surface area (Å²) >= 11 is 0. The van der Waals surface area contributed by atoms with Gasteiger partial charge in [0, 0.05) is 5.56 Å². The Hall–Kier alpha value is -3.02. The molecule has 2 aromatic carbocycles. The van der Waals surface area contributed by atoms with Gasteiger partial charge >= 0.3 is 0 Å².